The molecule has 0 saturated carbocycles. The molecule has 0 fully saturated rings. The normalized spacial score (nSPS) is 11.3. The maximum atomic E-state index is 13.7. The van der Waals surface area contributed by atoms with Crippen LogP contribution in [0, 0.1) is 11.6 Å². The Morgan fingerprint density at radius 1 is 0.952 bits per heavy atom. The summed E-state index contributed by atoms with van der Waals surface area (Å²) in [6, 6.07) is 9.40. The van der Waals surface area contributed by atoms with Gasteiger partial charge in [-0.3, -0.25) is 4.98 Å². The molecule has 0 radical (unpaired) electrons. The quantitative estimate of drug-likeness (QED) is 0.581. The van der Waals surface area contributed by atoms with Crippen LogP contribution in [0.2, 0.25) is 0 Å². The number of H-pyrrole nitrogens is 1. The number of aromatic nitrogens is 4. The third-order valence-corrected chi connectivity index (χ3v) is 3.20. The Morgan fingerprint density at radius 3 is 2.62 bits per heavy atom. The van der Waals surface area contributed by atoms with Crippen LogP contribution >= 0.6 is 0 Å². The molecule has 102 valence electrons. The number of aromatic amines is 1. The average molecular weight is 282 g/mol. The first-order valence-corrected chi connectivity index (χ1v) is 6.27. The van der Waals surface area contributed by atoms with Crippen LogP contribution in [0.4, 0.5) is 8.78 Å². The monoisotopic (exact) mass is 282 g/mol. The minimum absolute atomic E-state index is 0.0846. The highest BCUT2D eigenvalue weighted by Gasteiger charge is 2.12. The van der Waals surface area contributed by atoms with Gasteiger partial charge in [0, 0.05) is 6.07 Å². The smallest absolute Gasteiger partial charge is 0.158 e. The number of imidazole rings is 1. The lowest BCUT2D eigenvalue weighted by Gasteiger charge is -1.98. The van der Waals surface area contributed by atoms with Gasteiger partial charge in [-0.15, -0.1) is 0 Å². The molecule has 1 N–H and O–H groups in total. The summed E-state index contributed by atoms with van der Waals surface area (Å²) in [5.41, 5.74) is 2.32. The van der Waals surface area contributed by atoms with E-state index in [-0.39, 0.29) is 11.0 Å². The lowest BCUT2D eigenvalue weighted by atomic mass is 10.3. The molecule has 0 aliphatic heterocycles. The minimum atomic E-state index is -0.707. The topological polar surface area (TPSA) is 54.5 Å². The molecule has 0 unspecified atom stereocenters. The Kier molecular flexibility index (Phi) is 2.44. The van der Waals surface area contributed by atoms with Crippen LogP contribution in [0.3, 0.4) is 0 Å². The number of halogens is 2. The van der Waals surface area contributed by atoms with Crippen molar-refractivity contribution in [3.8, 4) is 11.5 Å². The molecule has 0 aliphatic carbocycles. The molecule has 2 aromatic carbocycles. The van der Waals surface area contributed by atoms with E-state index in [1.165, 1.54) is 6.07 Å². The molecular formula is C15H8F2N4. The van der Waals surface area contributed by atoms with E-state index in [0.717, 1.165) is 11.6 Å². The fourth-order valence-electron chi connectivity index (χ4n) is 2.23. The number of rotatable bonds is 1. The maximum Gasteiger partial charge on any atom is 0.158 e. The Balaban J connectivity index is 1.93. The summed E-state index contributed by atoms with van der Waals surface area (Å²) in [5.74, 6) is -1.01. The van der Waals surface area contributed by atoms with Crippen LogP contribution in [0.25, 0.3) is 33.6 Å². The highest BCUT2D eigenvalue weighted by Crippen LogP contribution is 2.22. The van der Waals surface area contributed by atoms with Gasteiger partial charge in [-0.25, -0.2) is 18.7 Å². The molecule has 0 spiro atoms. The van der Waals surface area contributed by atoms with Crippen LogP contribution in [0.5, 0.6) is 0 Å². The summed E-state index contributed by atoms with van der Waals surface area (Å²) < 4.78 is 26.9. The van der Waals surface area contributed by atoms with Crippen LogP contribution in [-0.2, 0) is 0 Å². The molecule has 4 nitrogen and oxygen atoms in total. The van der Waals surface area contributed by atoms with Crippen molar-refractivity contribution in [2.45, 2.75) is 0 Å². The lowest BCUT2D eigenvalue weighted by Crippen LogP contribution is -1.89. The van der Waals surface area contributed by atoms with Crippen molar-refractivity contribution in [1.29, 1.82) is 0 Å². The number of benzene rings is 2. The van der Waals surface area contributed by atoms with Crippen molar-refractivity contribution >= 4 is 22.1 Å². The van der Waals surface area contributed by atoms with Crippen LogP contribution in [0.1, 0.15) is 0 Å². The van der Waals surface area contributed by atoms with E-state index in [4.69, 9.17) is 0 Å². The molecular weight excluding hydrogens is 274 g/mol. The van der Waals surface area contributed by atoms with E-state index < -0.39 is 11.6 Å². The molecule has 2 heterocycles. The van der Waals surface area contributed by atoms with E-state index in [1.54, 1.807) is 6.20 Å². The lowest BCUT2D eigenvalue weighted by molar-refractivity contribution is 0.591. The molecule has 4 aromatic rings. The Morgan fingerprint density at radius 2 is 1.76 bits per heavy atom. The molecule has 0 saturated heterocycles. The van der Waals surface area contributed by atoms with Crippen LogP contribution in [0.15, 0.2) is 42.6 Å². The van der Waals surface area contributed by atoms with Crippen molar-refractivity contribution in [3.63, 3.8) is 0 Å². The zero-order valence-corrected chi connectivity index (χ0v) is 10.6. The van der Waals surface area contributed by atoms with Crippen LogP contribution < -0.4 is 0 Å². The minimum Gasteiger partial charge on any atom is -0.336 e. The first kappa shape index (κ1) is 11.9. The standard InChI is InChI=1S/C15H8F2N4/c16-8-5-9(17)14-12(6-8)20-15(21-14)13-7-18-10-3-1-2-4-11(10)19-13/h1-7H,(H,20,21). The summed E-state index contributed by atoms with van der Waals surface area (Å²) in [7, 11) is 0. The first-order chi connectivity index (χ1) is 10.2. The fraction of sp³-hybridized carbons (Fsp3) is 0. The maximum absolute atomic E-state index is 13.7. The van der Waals surface area contributed by atoms with Gasteiger partial charge >= 0.3 is 0 Å². The van der Waals surface area contributed by atoms with Crippen molar-refractivity contribution in [1.82, 2.24) is 19.9 Å². The largest absolute Gasteiger partial charge is 0.336 e. The molecule has 4 rings (SSSR count). The second-order valence-corrected chi connectivity index (χ2v) is 4.61. The third kappa shape index (κ3) is 1.92. The predicted octanol–water partition coefficient (Wildman–Crippen LogP) is 3.45. The van der Waals surface area contributed by atoms with Gasteiger partial charge < -0.3 is 4.98 Å². The Bertz CT molecular complexity index is 978. The Labute approximate surface area is 117 Å². The number of hydrogen-bond acceptors (Lipinski definition) is 3. The van der Waals surface area contributed by atoms with E-state index in [9.17, 15) is 8.78 Å². The zero-order chi connectivity index (χ0) is 14.4. The zero-order valence-electron chi connectivity index (χ0n) is 10.6. The van der Waals surface area contributed by atoms with Crippen molar-refractivity contribution in [2.75, 3.05) is 0 Å². The van der Waals surface area contributed by atoms with Gasteiger partial charge in [-0.1, -0.05) is 12.1 Å². The number of fused-ring (bicyclic) bond motifs is 2. The van der Waals surface area contributed by atoms with Crippen LogP contribution in [-0.4, -0.2) is 19.9 Å². The second kappa shape index (κ2) is 4.31. The van der Waals surface area contributed by atoms with E-state index in [1.807, 2.05) is 24.3 Å². The van der Waals surface area contributed by atoms with Crippen molar-refractivity contribution in [3.05, 3.63) is 54.2 Å². The Hall–Kier alpha value is -2.89. The summed E-state index contributed by atoms with van der Waals surface area (Å²) in [5, 5.41) is 0. The fourth-order valence-corrected chi connectivity index (χ4v) is 2.23. The van der Waals surface area contributed by atoms with Crippen molar-refractivity contribution < 1.29 is 8.78 Å². The van der Waals surface area contributed by atoms with Gasteiger partial charge in [0.25, 0.3) is 0 Å². The van der Waals surface area contributed by atoms with Gasteiger partial charge in [-0.2, -0.15) is 0 Å². The average Bonchev–Trinajstić information content (AvgIpc) is 2.91. The molecule has 0 aliphatic rings. The highest BCUT2D eigenvalue weighted by atomic mass is 19.1. The second-order valence-electron chi connectivity index (χ2n) is 4.61. The molecule has 0 atom stereocenters. The molecule has 21 heavy (non-hydrogen) atoms. The summed E-state index contributed by atoms with van der Waals surface area (Å²) in [6.45, 7) is 0. The summed E-state index contributed by atoms with van der Waals surface area (Å²) in [4.78, 5) is 15.7. The van der Waals surface area contributed by atoms with E-state index in [0.29, 0.717) is 17.0 Å². The number of nitrogens with one attached hydrogen (secondary N) is 1. The van der Waals surface area contributed by atoms with Crippen molar-refractivity contribution in [2.24, 2.45) is 0 Å². The van der Waals surface area contributed by atoms with Gasteiger partial charge in [-0.05, 0) is 18.2 Å². The number of nitrogens with zero attached hydrogens (tertiary/aromatic N) is 3. The summed E-state index contributed by atoms with van der Waals surface area (Å²) >= 11 is 0. The van der Waals surface area contributed by atoms with Gasteiger partial charge in [0.2, 0.25) is 0 Å². The van der Waals surface area contributed by atoms with Gasteiger partial charge in [0.1, 0.15) is 17.0 Å². The van der Waals surface area contributed by atoms with E-state index >= 15 is 0 Å². The van der Waals surface area contributed by atoms with E-state index in [2.05, 4.69) is 19.9 Å². The number of para-hydroxylation sites is 2. The highest BCUT2D eigenvalue weighted by molar-refractivity contribution is 5.81. The van der Waals surface area contributed by atoms with Gasteiger partial charge in [0.05, 0.1) is 22.7 Å². The predicted molar refractivity (Wildman–Crippen MR) is 74.5 cm³/mol. The third-order valence-electron chi connectivity index (χ3n) is 3.20. The molecule has 0 amide bonds. The first-order valence-electron chi connectivity index (χ1n) is 6.27. The summed E-state index contributed by atoms with van der Waals surface area (Å²) in [6.07, 6.45) is 1.55. The molecule has 6 heteroatoms. The molecule has 2 aromatic heterocycles. The number of hydrogen-bond donors (Lipinski definition) is 1. The SMILES string of the molecule is Fc1cc(F)c2nc(-c3cnc4ccccc4n3)[nH]c2c1. The molecule has 0 bridgehead atoms. The van der Waals surface area contributed by atoms with Gasteiger partial charge in [0.15, 0.2) is 11.6 Å².